The van der Waals surface area contributed by atoms with E-state index in [-0.39, 0.29) is 0 Å². The van der Waals surface area contributed by atoms with Gasteiger partial charge < -0.3 is 15.8 Å². The molecule has 122 valence electrons. The second-order valence-corrected chi connectivity index (χ2v) is 6.32. The molecule has 2 aromatic carbocycles. The first-order valence-electron chi connectivity index (χ1n) is 7.11. The molecule has 0 bridgehead atoms. The second kappa shape index (κ2) is 7.42. The first-order chi connectivity index (χ1) is 11.7. The third-order valence-corrected chi connectivity index (χ3v) is 4.51. The van der Waals surface area contributed by atoms with Gasteiger partial charge in [0.15, 0.2) is 5.82 Å². The molecule has 0 spiro atoms. The third kappa shape index (κ3) is 3.72. The summed E-state index contributed by atoms with van der Waals surface area (Å²) in [6, 6.07) is 15.1. The van der Waals surface area contributed by atoms with Crippen molar-refractivity contribution < 1.29 is 4.74 Å². The SMILES string of the molecule is COc1ccccc1Nc1ncnc(Sc2ccc(Cl)cc2)c1N. The molecule has 5 nitrogen and oxygen atoms in total. The molecule has 0 aliphatic carbocycles. The highest BCUT2D eigenvalue weighted by Gasteiger charge is 2.11. The molecule has 3 aromatic rings. The summed E-state index contributed by atoms with van der Waals surface area (Å²) < 4.78 is 5.33. The highest BCUT2D eigenvalue weighted by atomic mass is 35.5. The van der Waals surface area contributed by atoms with Gasteiger partial charge in [0.2, 0.25) is 0 Å². The zero-order valence-corrected chi connectivity index (χ0v) is 14.4. The number of nitrogens with two attached hydrogens (primary N) is 1. The molecule has 24 heavy (non-hydrogen) atoms. The van der Waals surface area contributed by atoms with E-state index in [0.29, 0.717) is 27.3 Å². The van der Waals surface area contributed by atoms with Crippen LogP contribution < -0.4 is 15.8 Å². The third-order valence-electron chi connectivity index (χ3n) is 3.24. The van der Waals surface area contributed by atoms with Crippen LogP contribution in [-0.2, 0) is 0 Å². The molecular formula is C17H15ClN4OS. The average molecular weight is 359 g/mol. The molecule has 0 fully saturated rings. The van der Waals surface area contributed by atoms with Crippen molar-refractivity contribution in [2.45, 2.75) is 9.92 Å². The summed E-state index contributed by atoms with van der Waals surface area (Å²) in [5.74, 6) is 1.24. The number of anilines is 3. The number of hydrogen-bond donors (Lipinski definition) is 2. The number of ether oxygens (including phenoxy) is 1. The molecule has 1 heterocycles. The largest absolute Gasteiger partial charge is 0.495 e. The molecule has 0 unspecified atom stereocenters. The van der Waals surface area contributed by atoms with Crippen LogP contribution in [-0.4, -0.2) is 17.1 Å². The number of benzene rings is 2. The van der Waals surface area contributed by atoms with Crippen molar-refractivity contribution in [2.24, 2.45) is 0 Å². The molecule has 0 aliphatic heterocycles. The Morgan fingerprint density at radius 1 is 1.08 bits per heavy atom. The number of methoxy groups -OCH3 is 1. The number of nitrogen functional groups attached to an aromatic ring is 1. The predicted molar refractivity (Wildman–Crippen MR) is 98.3 cm³/mol. The van der Waals surface area contributed by atoms with Crippen LogP contribution in [0.5, 0.6) is 5.75 Å². The van der Waals surface area contributed by atoms with Gasteiger partial charge in [-0.25, -0.2) is 9.97 Å². The van der Waals surface area contributed by atoms with Gasteiger partial charge in [0, 0.05) is 9.92 Å². The maximum atomic E-state index is 6.23. The van der Waals surface area contributed by atoms with Gasteiger partial charge in [-0.3, -0.25) is 0 Å². The van der Waals surface area contributed by atoms with Gasteiger partial charge in [-0.15, -0.1) is 0 Å². The number of para-hydroxylation sites is 2. The average Bonchev–Trinajstić information content (AvgIpc) is 2.61. The Kier molecular flexibility index (Phi) is 5.08. The van der Waals surface area contributed by atoms with E-state index >= 15 is 0 Å². The quantitative estimate of drug-likeness (QED) is 0.648. The zero-order chi connectivity index (χ0) is 16.9. The summed E-state index contributed by atoms with van der Waals surface area (Å²) >= 11 is 7.36. The Morgan fingerprint density at radius 2 is 1.83 bits per heavy atom. The van der Waals surface area contributed by atoms with Gasteiger partial charge in [0.25, 0.3) is 0 Å². The molecule has 3 rings (SSSR count). The van der Waals surface area contributed by atoms with E-state index < -0.39 is 0 Å². The fourth-order valence-corrected chi connectivity index (χ4v) is 2.98. The Hall–Kier alpha value is -2.44. The van der Waals surface area contributed by atoms with E-state index in [9.17, 15) is 0 Å². The Labute approximate surface area is 149 Å². The van der Waals surface area contributed by atoms with Crippen molar-refractivity contribution in [2.75, 3.05) is 18.2 Å². The van der Waals surface area contributed by atoms with Gasteiger partial charge in [0.1, 0.15) is 22.8 Å². The van der Waals surface area contributed by atoms with Crippen LogP contribution in [0.15, 0.2) is 64.8 Å². The Balaban J connectivity index is 1.86. The van der Waals surface area contributed by atoms with E-state index in [1.165, 1.54) is 18.1 Å². The lowest BCUT2D eigenvalue weighted by Crippen LogP contribution is -2.03. The molecule has 7 heteroatoms. The van der Waals surface area contributed by atoms with E-state index in [1.54, 1.807) is 7.11 Å². The molecule has 0 saturated carbocycles. The van der Waals surface area contributed by atoms with Crippen molar-refractivity contribution in [1.29, 1.82) is 0 Å². The van der Waals surface area contributed by atoms with Gasteiger partial charge >= 0.3 is 0 Å². The zero-order valence-electron chi connectivity index (χ0n) is 12.9. The lowest BCUT2D eigenvalue weighted by atomic mass is 10.3. The monoisotopic (exact) mass is 358 g/mol. The first kappa shape index (κ1) is 16.4. The van der Waals surface area contributed by atoms with Crippen LogP contribution in [0.3, 0.4) is 0 Å². The Morgan fingerprint density at radius 3 is 2.58 bits per heavy atom. The van der Waals surface area contributed by atoms with Crippen LogP contribution in [0, 0.1) is 0 Å². The minimum atomic E-state index is 0.475. The highest BCUT2D eigenvalue weighted by molar-refractivity contribution is 7.99. The number of halogens is 1. The number of aromatic nitrogens is 2. The van der Waals surface area contributed by atoms with E-state index in [4.69, 9.17) is 22.1 Å². The summed E-state index contributed by atoms with van der Waals surface area (Å²) in [6.45, 7) is 0. The molecule has 1 aromatic heterocycles. The summed E-state index contributed by atoms with van der Waals surface area (Å²) in [4.78, 5) is 9.49. The molecule has 3 N–H and O–H groups in total. The highest BCUT2D eigenvalue weighted by Crippen LogP contribution is 2.35. The van der Waals surface area contributed by atoms with Crippen molar-refractivity contribution in [3.8, 4) is 5.75 Å². The standard InChI is InChI=1S/C17H15ClN4OS/c1-23-14-5-3-2-4-13(14)22-16-15(19)17(21-10-20-16)24-12-8-6-11(18)7-9-12/h2-10H,19H2,1H3,(H,20,21,22). The lowest BCUT2D eigenvalue weighted by Gasteiger charge is -2.13. The molecular weight excluding hydrogens is 344 g/mol. The molecule has 0 atom stereocenters. The number of hydrogen-bond acceptors (Lipinski definition) is 6. The number of nitrogens with zero attached hydrogens (tertiary/aromatic N) is 2. The Bertz CT molecular complexity index is 842. The first-order valence-corrected chi connectivity index (χ1v) is 8.31. The van der Waals surface area contributed by atoms with Crippen LogP contribution in [0.1, 0.15) is 0 Å². The molecule has 0 radical (unpaired) electrons. The molecule has 0 saturated heterocycles. The molecule has 0 amide bonds. The maximum Gasteiger partial charge on any atom is 0.158 e. The van der Waals surface area contributed by atoms with Crippen LogP contribution in [0.4, 0.5) is 17.2 Å². The van der Waals surface area contributed by atoms with Crippen molar-refractivity contribution >= 4 is 40.6 Å². The summed E-state index contributed by atoms with van der Waals surface area (Å²) in [5.41, 5.74) is 7.49. The summed E-state index contributed by atoms with van der Waals surface area (Å²) in [6.07, 6.45) is 1.48. The van der Waals surface area contributed by atoms with Gasteiger partial charge in [-0.05, 0) is 36.4 Å². The van der Waals surface area contributed by atoms with Crippen molar-refractivity contribution in [1.82, 2.24) is 9.97 Å². The molecule has 0 aliphatic rings. The smallest absolute Gasteiger partial charge is 0.158 e. The number of nitrogens with one attached hydrogen (secondary N) is 1. The van der Waals surface area contributed by atoms with E-state index in [1.807, 2.05) is 48.5 Å². The fourth-order valence-electron chi connectivity index (χ4n) is 2.05. The summed E-state index contributed by atoms with van der Waals surface area (Å²) in [5, 5.41) is 4.55. The fraction of sp³-hybridized carbons (Fsp3) is 0.0588. The normalized spacial score (nSPS) is 10.4. The van der Waals surface area contributed by atoms with Gasteiger partial charge in [-0.1, -0.05) is 35.5 Å². The minimum absolute atomic E-state index is 0.475. The maximum absolute atomic E-state index is 6.23. The topological polar surface area (TPSA) is 73.1 Å². The van der Waals surface area contributed by atoms with E-state index in [2.05, 4.69) is 15.3 Å². The van der Waals surface area contributed by atoms with Gasteiger partial charge in [0.05, 0.1) is 12.8 Å². The predicted octanol–water partition coefficient (Wildman–Crippen LogP) is 4.62. The summed E-state index contributed by atoms with van der Waals surface area (Å²) in [7, 11) is 1.62. The lowest BCUT2D eigenvalue weighted by molar-refractivity contribution is 0.417. The van der Waals surface area contributed by atoms with Crippen LogP contribution in [0.2, 0.25) is 5.02 Å². The van der Waals surface area contributed by atoms with Crippen molar-refractivity contribution in [3.05, 3.63) is 59.9 Å². The minimum Gasteiger partial charge on any atom is -0.495 e. The van der Waals surface area contributed by atoms with Crippen LogP contribution >= 0.6 is 23.4 Å². The second-order valence-electron chi connectivity index (χ2n) is 4.82. The van der Waals surface area contributed by atoms with Crippen LogP contribution in [0.25, 0.3) is 0 Å². The van der Waals surface area contributed by atoms with Crippen molar-refractivity contribution in [3.63, 3.8) is 0 Å². The number of rotatable bonds is 5. The van der Waals surface area contributed by atoms with E-state index in [0.717, 1.165) is 10.6 Å². The van der Waals surface area contributed by atoms with Gasteiger partial charge in [-0.2, -0.15) is 0 Å².